The summed E-state index contributed by atoms with van der Waals surface area (Å²) in [5.41, 5.74) is 1.16. The van der Waals surface area contributed by atoms with Crippen molar-refractivity contribution in [3.63, 3.8) is 0 Å². The molecule has 0 spiro atoms. The summed E-state index contributed by atoms with van der Waals surface area (Å²) in [6, 6.07) is 8.81. The summed E-state index contributed by atoms with van der Waals surface area (Å²) >= 11 is 4.17. The predicted octanol–water partition coefficient (Wildman–Crippen LogP) is 3.97. The fourth-order valence-electron chi connectivity index (χ4n) is 1.60. The van der Waals surface area contributed by atoms with Crippen LogP contribution in [0.5, 0.6) is 0 Å². The fourth-order valence-corrected chi connectivity index (χ4v) is 3.11. The molecule has 0 aliphatic carbocycles. The Morgan fingerprint density at radius 1 is 1.50 bits per heavy atom. The SMILES string of the molecule is CCC1CCSC(Nc2ccccc2I)=N1. The lowest BCUT2D eigenvalue weighted by molar-refractivity contribution is 0.634. The van der Waals surface area contributed by atoms with E-state index in [0.29, 0.717) is 6.04 Å². The van der Waals surface area contributed by atoms with Crippen LogP contribution in [0.15, 0.2) is 29.3 Å². The Bertz CT molecular complexity index is 392. The van der Waals surface area contributed by atoms with E-state index >= 15 is 0 Å². The van der Waals surface area contributed by atoms with Crippen LogP contribution in [0.4, 0.5) is 5.69 Å². The molecule has 1 atom stereocenters. The first-order chi connectivity index (χ1) is 7.79. The van der Waals surface area contributed by atoms with E-state index < -0.39 is 0 Å². The first kappa shape index (κ1) is 12.2. The minimum atomic E-state index is 0.505. The number of hydrogen-bond acceptors (Lipinski definition) is 3. The Balaban J connectivity index is 2.10. The van der Waals surface area contributed by atoms with Gasteiger partial charge in [-0.25, -0.2) is 0 Å². The van der Waals surface area contributed by atoms with Gasteiger partial charge >= 0.3 is 0 Å². The molecule has 2 rings (SSSR count). The molecule has 0 fully saturated rings. The van der Waals surface area contributed by atoms with E-state index in [-0.39, 0.29) is 0 Å². The van der Waals surface area contributed by atoms with Gasteiger partial charge in [-0.1, -0.05) is 30.8 Å². The maximum atomic E-state index is 4.70. The van der Waals surface area contributed by atoms with Gasteiger partial charge in [0.1, 0.15) is 0 Å². The minimum Gasteiger partial charge on any atom is -0.334 e. The molecule has 0 saturated heterocycles. The summed E-state index contributed by atoms with van der Waals surface area (Å²) in [7, 11) is 0. The van der Waals surface area contributed by atoms with Crippen molar-refractivity contribution in [1.29, 1.82) is 0 Å². The van der Waals surface area contributed by atoms with Gasteiger partial charge in [0.15, 0.2) is 5.17 Å². The van der Waals surface area contributed by atoms with Crippen molar-refractivity contribution >= 4 is 45.2 Å². The Kier molecular flexibility index (Phi) is 4.52. The van der Waals surface area contributed by atoms with E-state index in [0.717, 1.165) is 17.3 Å². The van der Waals surface area contributed by atoms with Gasteiger partial charge in [-0.3, -0.25) is 4.99 Å². The monoisotopic (exact) mass is 346 g/mol. The molecular formula is C12H15IN2S. The second kappa shape index (κ2) is 5.91. The summed E-state index contributed by atoms with van der Waals surface area (Å²) in [5.74, 6) is 1.17. The number of nitrogens with zero attached hydrogens (tertiary/aromatic N) is 1. The number of nitrogens with one attached hydrogen (secondary N) is 1. The second-order valence-corrected chi connectivity index (χ2v) is 5.98. The number of benzene rings is 1. The number of aliphatic imine (C=N–C) groups is 1. The van der Waals surface area contributed by atoms with Crippen molar-refractivity contribution in [1.82, 2.24) is 0 Å². The van der Waals surface area contributed by atoms with Gasteiger partial charge in [0.05, 0.1) is 11.7 Å². The molecule has 0 aromatic heterocycles. The van der Waals surface area contributed by atoms with Crippen LogP contribution in [-0.2, 0) is 0 Å². The molecule has 0 saturated carbocycles. The predicted molar refractivity (Wildman–Crippen MR) is 81.4 cm³/mol. The lowest BCUT2D eigenvalue weighted by Crippen LogP contribution is -2.19. The standard InChI is InChI=1S/C12H15IN2S/c1-2-9-7-8-16-12(14-9)15-11-6-4-3-5-10(11)13/h3-6,9H,2,7-8H2,1H3,(H,14,15). The highest BCUT2D eigenvalue weighted by Gasteiger charge is 2.14. The van der Waals surface area contributed by atoms with Gasteiger partial charge in [-0.05, 0) is 47.6 Å². The van der Waals surface area contributed by atoms with Crippen LogP contribution in [-0.4, -0.2) is 17.0 Å². The maximum absolute atomic E-state index is 4.70. The number of anilines is 1. The molecule has 86 valence electrons. The molecule has 1 aromatic rings. The van der Waals surface area contributed by atoms with E-state index in [1.54, 1.807) is 0 Å². The number of halogens is 1. The van der Waals surface area contributed by atoms with Crippen molar-refractivity contribution < 1.29 is 0 Å². The van der Waals surface area contributed by atoms with Crippen molar-refractivity contribution in [3.05, 3.63) is 27.8 Å². The van der Waals surface area contributed by atoms with Crippen LogP contribution in [0.3, 0.4) is 0 Å². The van der Waals surface area contributed by atoms with Crippen LogP contribution in [0.2, 0.25) is 0 Å². The number of amidine groups is 1. The average Bonchev–Trinajstić information content (AvgIpc) is 2.32. The molecule has 2 nitrogen and oxygen atoms in total. The second-order valence-electron chi connectivity index (χ2n) is 3.74. The summed E-state index contributed by atoms with van der Waals surface area (Å²) in [4.78, 5) is 4.70. The van der Waals surface area contributed by atoms with E-state index in [9.17, 15) is 0 Å². The highest BCUT2D eigenvalue weighted by atomic mass is 127. The van der Waals surface area contributed by atoms with Crippen molar-refractivity contribution in [2.45, 2.75) is 25.8 Å². The highest BCUT2D eigenvalue weighted by molar-refractivity contribution is 14.1. The fraction of sp³-hybridized carbons (Fsp3) is 0.417. The molecule has 1 heterocycles. The zero-order valence-corrected chi connectivity index (χ0v) is 12.2. The molecule has 1 aliphatic rings. The minimum absolute atomic E-state index is 0.505. The molecular weight excluding hydrogens is 331 g/mol. The van der Waals surface area contributed by atoms with E-state index in [1.807, 2.05) is 11.8 Å². The highest BCUT2D eigenvalue weighted by Crippen LogP contribution is 2.23. The van der Waals surface area contributed by atoms with Crippen molar-refractivity contribution in [3.8, 4) is 0 Å². The average molecular weight is 346 g/mol. The number of thioether (sulfide) groups is 1. The summed E-state index contributed by atoms with van der Waals surface area (Å²) in [6.07, 6.45) is 2.34. The van der Waals surface area contributed by atoms with Crippen LogP contribution in [0, 0.1) is 3.57 Å². The quantitative estimate of drug-likeness (QED) is 0.820. The van der Waals surface area contributed by atoms with Gasteiger partial charge in [0, 0.05) is 9.32 Å². The molecule has 1 aromatic carbocycles. The molecule has 1 N–H and O–H groups in total. The zero-order valence-electron chi connectivity index (χ0n) is 9.24. The normalized spacial score (nSPS) is 20.4. The largest absolute Gasteiger partial charge is 0.334 e. The Morgan fingerprint density at radius 3 is 3.06 bits per heavy atom. The Labute approximate surface area is 114 Å². The summed E-state index contributed by atoms with van der Waals surface area (Å²) < 4.78 is 1.24. The Hall–Kier alpha value is -0.230. The topological polar surface area (TPSA) is 24.4 Å². The van der Waals surface area contributed by atoms with E-state index in [4.69, 9.17) is 4.99 Å². The molecule has 4 heteroatoms. The van der Waals surface area contributed by atoms with E-state index in [1.165, 1.54) is 15.7 Å². The third kappa shape index (κ3) is 3.13. The summed E-state index contributed by atoms with van der Waals surface area (Å²) in [5, 5.41) is 4.49. The number of hydrogen-bond donors (Lipinski definition) is 1. The van der Waals surface area contributed by atoms with Crippen LogP contribution >= 0.6 is 34.4 Å². The molecule has 0 amide bonds. The van der Waals surface area contributed by atoms with Gasteiger partial charge in [-0.15, -0.1) is 0 Å². The lowest BCUT2D eigenvalue weighted by atomic mass is 10.2. The molecule has 1 aliphatic heterocycles. The van der Waals surface area contributed by atoms with Gasteiger partial charge in [0.25, 0.3) is 0 Å². The number of rotatable bonds is 2. The van der Waals surface area contributed by atoms with Gasteiger partial charge in [-0.2, -0.15) is 0 Å². The molecule has 16 heavy (non-hydrogen) atoms. The van der Waals surface area contributed by atoms with Crippen LogP contribution in [0.25, 0.3) is 0 Å². The third-order valence-corrected chi connectivity index (χ3v) is 4.44. The van der Waals surface area contributed by atoms with Gasteiger partial charge < -0.3 is 5.32 Å². The third-order valence-electron chi connectivity index (χ3n) is 2.58. The van der Waals surface area contributed by atoms with Crippen molar-refractivity contribution in [2.24, 2.45) is 4.99 Å². The zero-order chi connectivity index (χ0) is 11.4. The smallest absolute Gasteiger partial charge is 0.161 e. The number of para-hydroxylation sites is 1. The lowest BCUT2D eigenvalue weighted by Gasteiger charge is -2.19. The van der Waals surface area contributed by atoms with Crippen molar-refractivity contribution in [2.75, 3.05) is 11.1 Å². The van der Waals surface area contributed by atoms with Crippen LogP contribution in [0.1, 0.15) is 19.8 Å². The first-order valence-corrected chi connectivity index (χ1v) is 7.58. The van der Waals surface area contributed by atoms with Crippen LogP contribution < -0.4 is 5.32 Å². The molecule has 1 unspecified atom stereocenters. The first-order valence-electron chi connectivity index (χ1n) is 5.51. The van der Waals surface area contributed by atoms with Gasteiger partial charge in [0.2, 0.25) is 0 Å². The Morgan fingerprint density at radius 2 is 2.31 bits per heavy atom. The molecule has 0 radical (unpaired) electrons. The van der Waals surface area contributed by atoms with E-state index in [2.05, 4.69) is 59.1 Å². The maximum Gasteiger partial charge on any atom is 0.161 e. The summed E-state index contributed by atoms with van der Waals surface area (Å²) in [6.45, 7) is 2.20. The molecule has 0 bridgehead atoms.